The maximum atomic E-state index is 12.9. The highest BCUT2D eigenvalue weighted by molar-refractivity contribution is 6.32. The second-order valence-electron chi connectivity index (χ2n) is 7.69. The number of H-pyrrole nitrogens is 1. The van der Waals surface area contributed by atoms with Gasteiger partial charge in [0.1, 0.15) is 23.1 Å². The van der Waals surface area contributed by atoms with Crippen molar-refractivity contribution in [2.75, 3.05) is 0 Å². The van der Waals surface area contributed by atoms with Gasteiger partial charge in [0, 0.05) is 12.6 Å². The lowest BCUT2D eigenvalue weighted by Gasteiger charge is -2.15. The normalized spacial score (nSPS) is 12.8. The predicted molar refractivity (Wildman–Crippen MR) is 121 cm³/mol. The second-order valence-corrected chi connectivity index (χ2v) is 8.10. The number of aromatic nitrogens is 4. The summed E-state index contributed by atoms with van der Waals surface area (Å²) in [5.41, 5.74) is -2.29. The highest BCUT2D eigenvalue weighted by atomic mass is 35.5. The number of aromatic amines is 1. The minimum absolute atomic E-state index is 0.0677. The Morgan fingerprint density at radius 3 is 2.35 bits per heavy atom. The van der Waals surface area contributed by atoms with Crippen LogP contribution >= 0.6 is 11.6 Å². The van der Waals surface area contributed by atoms with Gasteiger partial charge in [-0.25, -0.2) is 9.78 Å². The van der Waals surface area contributed by atoms with Crippen LogP contribution < -0.4 is 20.7 Å². The standard InChI is InChI=1S/C22H16ClF5N4O5/c1-31-16-18(32(21(35)30-19(16)34)9-15(33)22(26,27)28)29-17(31)10-2-7-14(13(23)8-10)36-11-3-5-12(6-4-11)37-20(24)25/h2-8,15,20,33H,9H2,1H3,(H,30,34,35). The second kappa shape index (κ2) is 9.86. The Morgan fingerprint density at radius 2 is 1.76 bits per heavy atom. The van der Waals surface area contributed by atoms with Gasteiger partial charge in [-0.3, -0.25) is 14.3 Å². The molecule has 4 rings (SSSR count). The number of hydrogen-bond donors (Lipinski definition) is 2. The molecule has 1 unspecified atom stereocenters. The molecule has 0 aliphatic carbocycles. The van der Waals surface area contributed by atoms with Gasteiger partial charge in [-0.2, -0.15) is 22.0 Å². The van der Waals surface area contributed by atoms with Gasteiger partial charge < -0.3 is 19.1 Å². The molecule has 0 fully saturated rings. The van der Waals surface area contributed by atoms with Crippen molar-refractivity contribution >= 4 is 22.8 Å². The van der Waals surface area contributed by atoms with Crippen LogP contribution in [0.15, 0.2) is 52.1 Å². The number of nitrogens with zero attached hydrogens (tertiary/aromatic N) is 3. The Kier molecular flexibility index (Phi) is 6.97. The molecule has 0 aliphatic rings. The maximum absolute atomic E-state index is 12.9. The van der Waals surface area contributed by atoms with Gasteiger partial charge in [0.2, 0.25) is 0 Å². The first-order chi connectivity index (χ1) is 17.3. The van der Waals surface area contributed by atoms with Crippen molar-refractivity contribution in [3.8, 4) is 28.6 Å². The fourth-order valence-corrected chi connectivity index (χ4v) is 3.71. The van der Waals surface area contributed by atoms with Crippen molar-refractivity contribution < 1.29 is 36.5 Å². The third-order valence-corrected chi connectivity index (χ3v) is 5.51. The van der Waals surface area contributed by atoms with Crippen LogP contribution in [0, 0.1) is 0 Å². The molecule has 0 amide bonds. The van der Waals surface area contributed by atoms with E-state index in [0.29, 0.717) is 10.1 Å². The van der Waals surface area contributed by atoms with Gasteiger partial charge >= 0.3 is 18.5 Å². The van der Waals surface area contributed by atoms with E-state index >= 15 is 0 Å². The van der Waals surface area contributed by atoms with Crippen molar-refractivity contribution in [3.05, 3.63) is 68.3 Å². The number of hydrogen-bond acceptors (Lipinski definition) is 6. The summed E-state index contributed by atoms with van der Waals surface area (Å²) >= 11 is 6.32. The molecule has 15 heteroatoms. The van der Waals surface area contributed by atoms with Gasteiger partial charge in [0.05, 0.1) is 11.6 Å². The number of nitrogens with one attached hydrogen (secondary N) is 1. The summed E-state index contributed by atoms with van der Waals surface area (Å²) < 4.78 is 74.9. The summed E-state index contributed by atoms with van der Waals surface area (Å²) in [5.74, 6) is 0.456. The van der Waals surface area contributed by atoms with Crippen LogP contribution in [0.3, 0.4) is 0 Å². The minimum atomic E-state index is -5.00. The molecule has 0 saturated heterocycles. The van der Waals surface area contributed by atoms with Crippen molar-refractivity contribution in [1.82, 2.24) is 19.1 Å². The van der Waals surface area contributed by atoms with E-state index in [9.17, 15) is 36.6 Å². The van der Waals surface area contributed by atoms with Crippen LogP contribution in [0.4, 0.5) is 22.0 Å². The van der Waals surface area contributed by atoms with E-state index in [0.717, 1.165) is 0 Å². The van der Waals surface area contributed by atoms with Gasteiger partial charge in [-0.15, -0.1) is 0 Å². The number of halogens is 6. The lowest BCUT2D eigenvalue weighted by molar-refractivity contribution is -0.207. The largest absolute Gasteiger partial charge is 0.456 e. The lowest BCUT2D eigenvalue weighted by atomic mass is 10.2. The summed E-state index contributed by atoms with van der Waals surface area (Å²) in [6.07, 6.45) is -7.87. The number of aryl methyl sites for hydroxylation is 1. The summed E-state index contributed by atoms with van der Waals surface area (Å²) in [7, 11) is 1.41. The van der Waals surface area contributed by atoms with E-state index in [1.165, 1.54) is 54.1 Å². The Balaban J connectivity index is 1.68. The monoisotopic (exact) mass is 546 g/mol. The smallest absolute Gasteiger partial charge is 0.416 e. The zero-order valence-corrected chi connectivity index (χ0v) is 19.3. The number of aliphatic hydroxyl groups excluding tert-OH is 1. The zero-order chi connectivity index (χ0) is 27.1. The lowest BCUT2D eigenvalue weighted by Crippen LogP contribution is -2.39. The van der Waals surface area contributed by atoms with Crippen molar-refractivity contribution in [3.63, 3.8) is 0 Å². The topological polar surface area (TPSA) is 111 Å². The van der Waals surface area contributed by atoms with Crippen LogP contribution in [-0.4, -0.2) is 43.1 Å². The number of rotatable bonds is 7. The molecule has 1 atom stereocenters. The molecular formula is C22H16ClF5N4O5. The van der Waals surface area contributed by atoms with Gasteiger partial charge in [-0.05, 0) is 42.5 Å². The Hall–Kier alpha value is -3.91. The maximum Gasteiger partial charge on any atom is 0.416 e. The number of fused-ring (bicyclic) bond motifs is 1. The molecule has 4 aromatic rings. The molecule has 0 aliphatic heterocycles. The third-order valence-electron chi connectivity index (χ3n) is 5.21. The fraction of sp³-hybridized carbons (Fsp3) is 0.227. The average molecular weight is 547 g/mol. The van der Waals surface area contributed by atoms with E-state index < -0.39 is 36.7 Å². The molecule has 0 bridgehead atoms. The summed E-state index contributed by atoms with van der Waals surface area (Å²) in [4.78, 5) is 30.7. The van der Waals surface area contributed by atoms with E-state index in [4.69, 9.17) is 16.3 Å². The van der Waals surface area contributed by atoms with E-state index in [-0.39, 0.29) is 39.3 Å². The van der Waals surface area contributed by atoms with Crippen LogP contribution in [-0.2, 0) is 13.6 Å². The van der Waals surface area contributed by atoms with Crippen LogP contribution in [0.2, 0.25) is 5.02 Å². The van der Waals surface area contributed by atoms with E-state index in [2.05, 4.69) is 9.72 Å². The molecule has 37 heavy (non-hydrogen) atoms. The minimum Gasteiger partial charge on any atom is -0.456 e. The van der Waals surface area contributed by atoms with Crippen LogP contribution in [0.5, 0.6) is 17.2 Å². The molecule has 9 nitrogen and oxygen atoms in total. The van der Waals surface area contributed by atoms with Gasteiger partial charge in [0.25, 0.3) is 5.56 Å². The Morgan fingerprint density at radius 1 is 1.11 bits per heavy atom. The fourth-order valence-electron chi connectivity index (χ4n) is 3.49. The quantitative estimate of drug-likeness (QED) is 0.338. The molecule has 2 aromatic carbocycles. The molecule has 0 spiro atoms. The number of aliphatic hydroxyl groups is 1. The van der Waals surface area contributed by atoms with E-state index in [1.807, 2.05) is 4.98 Å². The van der Waals surface area contributed by atoms with E-state index in [1.54, 1.807) is 0 Å². The average Bonchev–Trinajstić information content (AvgIpc) is 3.15. The van der Waals surface area contributed by atoms with Gasteiger partial charge in [0.15, 0.2) is 17.3 Å². The zero-order valence-electron chi connectivity index (χ0n) is 18.6. The molecular weight excluding hydrogens is 531 g/mol. The van der Waals surface area contributed by atoms with Crippen molar-refractivity contribution in [2.24, 2.45) is 7.05 Å². The molecule has 2 heterocycles. The molecule has 2 N–H and O–H groups in total. The molecule has 2 aromatic heterocycles. The molecule has 196 valence electrons. The van der Waals surface area contributed by atoms with Crippen LogP contribution in [0.1, 0.15) is 0 Å². The van der Waals surface area contributed by atoms with Crippen molar-refractivity contribution in [2.45, 2.75) is 25.4 Å². The first kappa shape index (κ1) is 26.2. The predicted octanol–water partition coefficient (Wildman–Crippen LogP) is 4.06. The summed E-state index contributed by atoms with van der Waals surface area (Å²) in [5, 5.41) is 9.52. The number of benzene rings is 2. The molecule has 0 radical (unpaired) electrons. The summed E-state index contributed by atoms with van der Waals surface area (Å²) in [6, 6.07) is 9.67. The SMILES string of the molecule is Cn1c(-c2ccc(Oc3ccc(OC(F)F)cc3)c(Cl)c2)nc2c1c(=O)[nH]c(=O)n2CC(O)C(F)(F)F. The van der Waals surface area contributed by atoms with Crippen molar-refractivity contribution in [1.29, 1.82) is 0 Å². The highest BCUT2D eigenvalue weighted by Crippen LogP contribution is 2.34. The highest BCUT2D eigenvalue weighted by Gasteiger charge is 2.39. The third kappa shape index (κ3) is 5.44. The van der Waals surface area contributed by atoms with Gasteiger partial charge in [-0.1, -0.05) is 11.6 Å². The Labute approximate surface area is 208 Å². The first-order valence-corrected chi connectivity index (χ1v) is 10.7. The summed E-state index contributed by atoms with van der Waals surface area (Å²) in [6.45, 7) is -4.16. The first-order valence-electron chi connectivity index (χ1n) is 10.3. The number of alkyl halides is 5. The number of imidazole rings is 1. The number of ether oxygens (including phenoxy) is 2. The molecule has 0 saturated carbocycles. The van der Waals surface area contributed by atoms with Crippen LogP contribution in [0.25, 0.3) is 22.6 Å². The Bertz CT molecular complexity index is 1560.